The summed E-state index contributed by atoms with van der Waals surface area (Å²) in [4.78, 5) is 14.8. The van der Waals surface area contributed by atoms with Gasteiger partial charge in [-0.3, -0.25) is 4.79 Å². The maximum Gasteiger partial charge on any atom is 0.254 e. The number of hydrogen-bond donors (Lipinski definition) is 1. The summed E-state index contributed by atoms with van der Waals surface area (Å²) >= 11 is 0. The Balaban J connectivity index is 2.00. The molecular weight excluding hydrogens is 240 g/mol. The summed E-state index contributed by atoms with van der Waals surface area (Å²) in [6, 6.07) is 0.683. The molecule has 2 heterocycles. The van der Waals surface area contributed by atoms with Crippen molar-refractivity contribution in [3.8, 4) is 0 Å². The third kappa shape index (κ3) is 3.48. The van der Waals surface area contributed by atoms with Crippen LogP contribution in [0.5, 0.6) is 0 Å². The lowest BCUT2D eigenvalue weighted by molar-refractivity contribution is -0.153. The Bertz CT molecular complexity index is 305. The fraction of sp³-hybridized carbons (Fsp3) is 0.933. The van der Waals surface area contributed by atoms with Gasteiger partial charge in [0.25, 0.3) is 5.91 Å². The van der Waals surface area contributed by atoms with Crippen LogP contribution in [0.4, 0.5) is 0 Å². The van der Waals surface area contributed by atoms with Crippen LogP contribution in [0.25, 0.3) is 0 Å². The number of amides is 1. The molecule has 0 aromatic heterocycles. The van der Waals surface area contributed by atoms with E-state index in [0.29, 0.717) is 6.04 Å². The molecule has 2 aliphatic rings. The van der Waals surface area contributed by atoms with Gasteiger partial charge < -0.3 is 15.0 Å². The Morgan fingerprint density at radius 3 is 2.74 bits per heavy atom. The van der Waals surface area contributed by atoms with Gasteiger partial charge in [0.2, 0.25) is 0 Å². The molecule has 0 spiro atoms. The average Bonchev–Trinajstić information content (AvgIpc) is 2.84. The monoisotopic (exact) mass is 268 g/mol. The molecule has 0 saturated carbocycles. The molecule has 2 rings (SSSR count). The highest BCUT2D eigenvalue weighted by atomic mass is 16.5. The average molecular weight is 268 g/mol. The van der Waals surface area contributed by atoms with Crippen molar-refractivity contribution in [2.75, 3.05) is 19.7 Å². The van der Waals surface area contributed by atoms with Crippen molar-refractivity contribution >= 4 is 5.91 Å². The molecule has 0 aliphatic carbocycles. The topological polar surface area (TPSA) is 41.6 Å². The van der Waals surface area contributed by atoms with E-state index in [4.69, 9.17) is 4.74 Å². The highest BCUT2D eigenvalue weighted by Crippen LogP contribution is 2.28. The van der Waals surface area contributed by atoms with E-state index in [1.165, 1.54) is 19.3 Å². The van der Waals surface area contributed by atoms with Crippen LogP contribution in [0.1, 0.15) is 52.9 Å². The predicted octanol–water partition coefficient (Wildman–Crippen LogP) is 1.93. The van der Waals surface area contributed by atoms with E-state index in [9.17, 15) is 4.79 Å². The van der Waals surface area contributed by atoms with Gasteiger partial charge in [-0.15, -0.1) is 0 Å². The minimum absolute atomic E-state index is 0.173. The summed E-state index contributed by atoms with van der Waals surface area (Å²) in [5.41, 5.74) is -0.584. The maximum atomic E-state index is 12.8. The van der Waals surface area contributed by atoms with E-state index in [0.717, 1.165) is 32.5 Å². The van der Waals surface area contributed by atoms with E-state index in [-0.39, 0.29) is 11.9 Å². The zero-order valence-corrected chi connectivity index (χ0v) is 12.6. The number of piperidine rings is 1. The molecule has 2 unspecified atom stereocenters. The Morgan fingerprint density at radius 2 is 2.21 bits per heavy atom. The zero-order chi connectivity index (χ0) is 13.9. The number of rotatable bonds is 4. The second-order valence-electron chi connectivity index (χ2n) is 6.38. The number of carbonyl (C=O) groups excluding carboxylic acids is 1. The molecular formula is C15H28N2O2. The summed E-state index contributed by atoms with van der Waals surface area (Å²) in [5.74, 6) is 0.173. The molecule has 1 amide bonds. The van der Waals surface area contributed by atoms with E-state index in [2.05, 4.69) is 19.2 Å². The van der Waals surface area contributed by atoms with Crippen LogP contribution in [-0.2, 0) is 9.53 Å². The van der Waals surface area contributed by atoms with Crippen LogP contribution in [-0.4, -0.2) is 48.2 Å². The molecule has 2 fully saturated rings. The molecule has 19 heavy (non-hydrogen) atoms. The van der Waals surface area contributed by atoms with E-state index in [1.54, 1.807) is 0 Å². The minimum atomic E-state index is -0.584. The third-order valence-electron chi connectivity index (χ3n) is 4.38. The van der Waals surface area contributed by atoms with Gasteiger partial charge in [0.05, 0.1) is 0 Å². The second kappa shape index (κ2) is 6.23. The fourth-order valence-electron chi connectivity index (χ4n) is 3.10. The summed E-state index contributed by atoms with van der Waals surface area (Å²) in [5, 5.41) is 3.53. The minimum Gasteiger partial charge on any atom is -0.365 e. The van der Waals surface area contributed by atoms with E-state index < -0.39 is 5.60 Å². The Labute approximate surface area is 116 Å². The Kier molecular flexibility index (Phi) is 4.85. The van der Waals surface area contributed by atoms with Crippen molar-refractivity contribution in [3.05, 3.63) is 0 Å². The molecule has 110 valence electrons. The van der Waals surface area contributed by atoms with Crippen LogP contribution in [0.3, 0.4) is 0 Å². The smallest absolute Gasteiger partial charge is 0.254 e. The Hall–Kier alpha value is -0.610. The molecule has 4 nitrogen and oxygen atoms in total. The molecule has 0 radical (unpaired) electrons. The SMILES string of the molecule is CC(C)N(CC1CCCCN1)C(=O)C1(C)CCCO1. The van der Waals surface area contributed by atoms with Crippen molar-refractivity contribution in [3.63, 3.8) is 0 Å². The van der Waals surface area contributed by atoms with E-state index in [1.807, 2.05) is 11.8 Å². The first kappa shape index (κ1) is 14.8. The quantitative estimate of drug-likeness (QED) is 0.847. The standard InChI is InChI=1S/C15H28N2O2/c1-12(2)17(11-13-7-4-5-9-16-13)14(18)15(3)8-6-10-19-15/h12-13,16H,4-11H2,1-3H3. The number of hydrogen-bond acceptors (Lipinski definition) is 3. The van der Waals surface area contributed by atoms with Crippen LogP contribution >= 0.6 is 0 Å². The van der Waals surface area contributed by atoms with Gasteiger partial charge in [0.15, 0.2) is 0 Å². The first-order chi connectivity index (χ1) is 9.03. The summed E-state index contributed by atoms with van der Waals surface area (Å²) in [7, 11) is 0. The van der Waals surface area contributed by atoms with Gasteiger partial charge in [-0.05, 0) is 53.0 Å². The van der Waals surface area contributed by atoms with Gasteiger partial charge in [0, 0.05) is 25.2 Å². The molecule has 4 heteroatoms. The van der Waals surface area contributed by atoms with Crippen LogP contribution in [0.2, 0.25) is 0 Å². The van der Waals surface area contributed by atoms with Crippen LogP contribution < -0.4 is 5.32 Å². The number of nitrogens with zero attached hydrogens (tertiary/aromatic N) is 1. The van der Waals surface area contributed by atoms with Crippen molar-refractivity contribution in [1.29, 1.82) is 0 Å². The summed E-state index contributed by atoms with van der Waals surface area (Å²) in [6.45, 7) is 8.76. The van der Waals surface area contributed by atoms with E-state index >= 15 is 0 Å². The fourth-order valence-corrected chi connectivity index (χ4v) is 3.10. The number of nitrogens with one attached hydrogen (secondary N) is 1. The Morgan fingerprint density at radius 1 is 1.42 bits per heavy atom. The molecule has 0 bridgehead atoms. The van der Waals surface area contributed by atoms with Gasteiger partial charge in [-0.1, -0.05) is 6.42 Å². The zero-order valence-electron chi connectivity index (χ0n) is 12.6. The van der Waals surface area contributed by atoms with Crippen LogP contribution in [0, 0.1) is 0 Å². The number of carbonyl (C=O) groups is 1. The van der Waals surface area contributed by atoms with Gasteiger partial charge in [-0.25, -0.2) is 0 Å². The first-order valence-electron chi connectivity index (χ1n) is 7.71. The molecule has 2 aliphatic heterocycles. The van der Waals surface area contributed by atoms with Crippen LogP contribution in [0.15, 0.2) is 0 Å². The van der Waals surface area contributed by atoms with Crippen molar-refractivity contribution in [2.24, 2.45) is 0 Å². The lowest BCUT2D eigenvalue weighted by Gasteiger charge is -2.37. The molecule has 2 atom stereocenters. The third-order valence-corrected chi connectivity index (χ3v) is 4.38. The number of ether oxygens (including phenoxy) is 1. The van der Waals surface area contributed by atoms with Crippen molar-refractivity contribution in [2.45, 2.75) is 70.6 Å². The normalized spacial score (nSPS) is 31.7. The summed E-state index contributed by atoms with van der Waals surface area (Å²) < 4.78 is 5.71. The van der Waals surface area contributed by atoms with Gasteiger partial charge in [-0.2, -0.15) is 0 Å². The molecule has 0 aromatic rings. The lowest BCUT2D eigenvalue weighted by atomic mass is 9.98. The predicted molar refractivity (Wildman–Crippen MR) is 76.1 cm³/mol. The van der Waals surface area contributed by atoms with Gasteiger partial charge in [0.1, 0.15) is 5.60 Å². The second-order valence-corrected chi connectivity index (χ2v) is 6.38. The highest BCUT2D eigenvalue weighted by Gasteiger charge is 2.41. The maximum absolute atomic E-state index is 12.8. The highest BCUT2D eigenvalue weighted by molar-refractivity contribution is 5.85. The lowest BCUT2D eigenvalue weighted by Crippen LogP contribution is -2.54. The molecule has 0 aromatic carbocycles. The summed E-state index contributed by atoms with van der Waals surface area (Å²) in [6.07, 6.45) is 5.55. The largest absolute Gasteiger partial charge is 0.365 e. The molecule has 1 N–H and O–H groups in total. The molecule has 2 saturated heterocycles. The van der Waals surface area contributed by atoms with Crippen molar-refractivity contribution in [1.82, 2.24) is 10.2 Å². The van der Waals surface area contributed by atoms with Crippen molar-refractivity contribution < 1.29 is 9.53 Å². The van der Waals surface area contributed by atoms with Gasteiger partial charge >= 0.3 is 0 Å². The first-order valence-corrected chi connectivity index (χ1v) is 7.71.